The minimum Gasteiger partial charge on any atom is -0.328 e. The maximum Gasteiger partial charge on any atom is 0.114 e. The molecular formula is C23H24ClN3. The van der Waals surface area contributed by atoms with Gasteiger partial charge in [0.2, 0.25) is 0 Å². The third-order valence-electron chi connectivity index (χ3n) is 5.00. The van der Waals surface area contributed by atoms with Gasteiger partial charge in [-0.25, -0.2) is 4.98 Å². The van der Waals surface area contributed by atoms with Crippen molar-refractivity contribution in [2.24, 2.45) is 0 Å². The molecule has 0 amide bonds. The van der Waals surface area contributed by atoms with Crippen molar-refractivity contribution in [2.75, 3.05) is 20.6 Å². The Morgan fingerprint density at radius 2 is 1.81 bits per heavy atom. The molecule has 1 aromatic heterocycles. The monoisotopic (exact) mass is 377 g/mol. The molecule has 0 bridgehead atoms. The fourth-order valence-corrected chi connectivity index (χ4v) is 3.87. The molecule has 4 heteroatoms. The number of imidazole rings is 1. The number of hydrogen-bond donors (Lipinski definition) is 0. The average Bonchev–Trinajstić information content (AvgIpc) is 2.98. The van der Waals surface area contributed by atoms with Crippen LogP contribution < -0.4 is 0 Å². The van der Waals surface area contributed by atoms with Crippen molar-refractivity contribution in [3.8, 4) is 0 Å². The van der Waals surface area contributed by atoms with Crippen molar-refractivity contribution in [1.29, 1.82) is 0 Å². The van der Waals surface area contributed by atoms with E-state index in [4.69, 9.17) is 16.6 Å². The van der Waals surface area contributed by atoms with Crippen LogP contribution in [-0.4, -0.2) is 35.1 Å². The van der Waals surface area contributed by atoms with Crippen LogP contribution in [0.3, 0.4) is 0 Å². The van der Waals surface area contributed by atoms with E-state index >= 15 is 0 Å². The highest BCUT2D eigenvalue weighted by atomic mass is 35.5. The number of benzene rings is 3. The molecule has 0 radical (unpaired) electrons. The zero-order valence-corrected chi connectivity index (χ0v) is 16.6. The van der Waals surface area contributed by atoms with E-state index in [1.54, 1.807) is 0 Å². The van der Waals surface area contributed by atoms with Crippen LogP contribution in [0.4, 0.5) is 0 Å². The first-order chi connectivity index (χ1) is 13.1. The summed E-state index contributed by atoms with van der Waals surface area (Å²) in [4.78, 5) is 7.16. The topological polar surface area (TPSA) is 21.1 Å². The highest BCUT2D eigenvalue weighted by Crippen LogP contribution is 2.25. The van der Waals surface area contributed by atoms with Crippen LogP contribution in [0.15, 0.2) is 60.7 Å². The molecule has 1 heterocycles. The first-order valence-corrected chi connectivity index (χ1v) is 9.75. The third kappa shape index (κ3) is 3.85. The van der Waals surface area contributed by atoms with E-state index in [-0.39, 0.29) is 0 Å². The first kappa shape index (κ1) is 18.0. The van der Waals surface area contributed by atoms with Gasteiger partial charge >= 0.3 is 0 Å². The lowest BCUT2D eigenvalue weighted by Gasteiger charge is -2.13. The summed E-state index contributed by atoms with van der Waals surface area (Å²) in [5, 5.41) is 3.30. The maximum absolute atomic E-state index is 6.21. The molecule has 0 saturated carbocycles. The van der Waals surface area contributed by atoms with Crippen molar-refractivity contribution in [1.82, 2.24) is 14.5 Å². The van der Waals surface area contributed by atoms with Crippen LogP contribution in [-0.2, 0) is 13.0 Å². The molecular weight excluding hydrogens is 354 g/mol. The quantitative estimate of drug-likeness (QED) is 0.449. The second-order valence-electron chi connectivity index (χ2n) is 7.28. The highest BCUT2D eigenvalue weighted by molar-refractivity contribution is 6.31. The van der Waals surface area contributed by atoms with Crippen LogP contribution in [0.2, 0.25) is 5.02 Å². The first-order valence-electron chi connectivity index (χ1n) is 9.38. The Labute approximate surface area is 165 Å². The van der Waals surface area contributed by atoms with Crippen molar-refractivity contribution >= 4 is 33.4 Å². The summed E-state index contributed by atoms with van der Waals surface area (Å²) in [6.07, 6.45) is 1.90. The van der Waals surface area contributed by atoms with E-state index in [2.05, 4.69) is 72.1 Å². The summed E-state index contributed by atoms with van der Waals surface area (Å²) in [6, 6.07) is 21.1. The van der Waals surface area contributed by atoms with Gasteiger partial charge in [0.15, 0.2) is 0 Å². The van der Waals surface area contributed by atoms with Crippen LogP contribution in [0.25, 0.3) is 21.8 Å². The van der Waals surface area contributed by atoms with E-state index in [0.717, 1.165) is 47.8 Å². The number of hydrogen-bond acceptors (Lipinski definition) is 2. The Bertz CT molecular complexity index is 1080. The number of fused-ring (bicyclic) bond motifs is 2. The molecule has 0 fully saturated rings. The molecule has 0 aliphatic carbocycles. The minimum absolute atomic E-state index is 0.733. The van der Waals surface area contributed by atoms with Gasteiger partial charge in [-0.3, -0.25) is 0 Å². The normalized spacial score (nSPS) is 11.7. The van der Waals surface area contributed by atoms with E-state index in [9.17, 15) is 0 Å². The van der Waals surface area contributed by atoms with Gasteiger partial charge in [0.05, 0.1) is 11.0 Å². The lowest BCUT2D eigenvalue weighted by atomic mass is 10.0. The summed E-state index contributed by atoms with van der Waals surface area (Å²) in [5.74, 6) is 1.10. The van der Waals surface area contributed by atoms with E-state index < -0.39 is 0 Å². The molecule has 3 aromatic carbocycles. The molecule has 4 aromatic rings. The fourth-order valence-electron chi connectivity index (χ4n) is 3.70. The van der Waals surface area contributed by atoms with Gasteiger partial charge in [0.25, 0.3) is 0 Å². The number of rotatable bonds is 6. The largest absolute Gasteiger partial charge is 0.328 e. The Balaban J connectivity index is 1.75. The molecule has 4 rings (SSSR count). The summed E-state index contributed by atoms with van der Waals surface area (Å²) >= 11 is 6.21. The van der Waals surface area contributed by atoms with Crippen molar-refractivity contribution in [3.63, 3.8) is 0 Å². The van der Waals surface area contributed by atoms with Crippen molar-refractivity contribution in [3.05, 3.63) is 77.1 Å². The molecule has 0 N–H and O–H groups in total. The SMILES string of the molecule is CN(C)CCCn1c(Cc2cccc3ccccc23)nc2cc(Cl)ccc21. The standard InChI is InChI=1S/C23H24ClN3/c1-26(2)13-6-14-27-22-12-11-19(24)16-21(22)25-23(27)15-18-9-5-8-17-7-3-4-10-20(17)18/h3-5,7-12,16H,6,13-15H2,1-2H3. The molecule has 0 atom stereocenters. The van der Waals surface area contributed by atoms with Crippen LogP contribution in [0.1, 0.15) is 17.8 Å². The second-order valence-corrected chi connectivity index (χ2v) is 7.72. The Hall–Kier alpha value is -2.36. The Morgan fingerprint density at radius 1 is 1.00 bits per heavy atom. The number of halogens is 1. The maximum atomic E-state index is 6.21. The van der Waals surface area contributed by atoms with E-state index in [1.807, 2.05) is 12.1 Å². The van der Waals surface area contributed by atoms with Crippen molar-refractivity contribution in [2.45, 2.75) is 19.4 Å². The van der Waals surface area contributed by atoms with Gasteiger partial charge < -0.3 is 9.47 Å². The second kappa shape index (κ2) is 7.71. The smallest absolute Gasteiger partial charge is 0.114 e. The van der Waals surface area contributed by atoms with Crippen LogP contribution in [0.5, 0.6) is 0 Å². The van der Waals surface area contributed by atoms with E-state index in [1.165, 1.54) is 16.3 Å². The van der Waals surface area contributed by atoms with Gasteiger partial charge in [0, 0.05) is 18.0 Å². The predicted octanol–water partition coefficient (Wildman–Crippen LogP) is 5.39. The lowest BCUT2D eigenvalue weighted by molar-refractivity contribution is 0.386. The number of nitrogens with zero attached hydrogens (tertiary/aromatic N) is 3. The third-order valence-corrected chi connectivity index (χ3v) is 5.24. The predicted molar refractivity (Wildman–Crippen MR) is 115 cm³/mol. The van der Waals surface area contributed by atoms with Crippen LogP contribution >= 0.6 is 11.6 Å². The van der Waals surface area contributed by atoms with E-state index in [0.29, 0.717) is 0 Å². The van der Waals surface area contributed by atoms with Gasteiger partial charge in [-0.2, -0.15) is 0 Å². The molecule has 0 unspecified atom stereocenters. The fraction of sp³-hybridized carbons (Fsp3) is 0.261. The van der Waals surface area contributed by atoms with Gasteiger partial charge in [-0.05, 0) is 61.6 Å². The number of aryl methyl sites for hydroxylation is 1. The van der Waals surface area contributed by atoms with Crippen LogP contribution in [0, 0.1) is 0 Å². The molecule has 138 valence electrons. The molecule has 0 spiro atoms. The zero-order chi connectivity index (χ0) is 18.8. The zero-order valence-electron chi connectivity index (χ0n) is 15.8. The molecule has 3 nitrogen and oxygen atoms in total. The summed E-state index contributed by atoms with van der Waals surface area (Å²) in [7, 11) is 4.23. The Morgan fingerprint density at radius 3 is 2.67 bits per heavy atom. The summed E-state index contributed by atoms with van der Waals surface area (Å²) in [5.41, 5.74) is 3.44. The van der Waals surface area contributed by atoms with Crippen molar-refractivity contribution < 1.29 is 0 Å². The molecule has 0 aliphatic rings. The van der Waals surface area contributed by atoms with Gasteiger partial charge in [-0.1, -0.05) is 54.1 Å². The number of aromatic nitrogens is 2. The molecule has 0 aliphatic heterocycles. The Kier molecular flexibility index (Phi) is 5.15. The average molecular weight is 378 g/mol. The highest BCUT2D eigenvalue weighted by Gasteiger charge is 2.13. The summed E-state index contributed by atoms with van der Waals surface area (Å²) in [6.45, 7) is 2.01. The van der Waals surface area contributed by atoms with Gasteiger partial charge in [0.1, 0.15) is 5.82 Å². The minimum atomic E-state index is 0.733. The molecule has 0 saturated heterocycles. The molecule has 27 heavy (non-hydrogen) atoms. The van der Waals surface area contributed by atoms with Gasteiger partial charge in [-0.15, -0.1) is 0 Å². The lowest BCUT2D eigenvalue weighted by Crippen LogP contribution is -2.16. The summed E-state index contributed by atoms with van der Waals surface area (Å²) < 4.78 is 2.36.